The fourth-order valence-corrected chi connectivity index (χ4v) is 2.15. The smallest absolute Gasteiger partial charge is 0.252 e. The van der Waals surface area contributed by atoms with Crippen LogP contribution in [0.25, 0.3) is 0 Å². The number of nitrogens with zero attached hydrogens (tertiary/aromatic N) is 1. The predicted molar refractivity (Wildman–Crippen MR) is 70.0 cm³/mol. The third-order valence-corrected chi connectivity index (χ3v) is 3.23. The highest BCUT2D eigenvalue weighted by molar-refractivity contribution is 7.98. The molecule has 4 nitrogen and oxygen atoms in total. The van der Waals surface area contributed by atoms with Gasteiger partial charge in [-0.3, -0.25) is 4.79 Å². The number of H-pyrrole nitrogens is 1. The van der Waals surface area contributed by atoms with Gasteiger partial charge in [0.15, 0.2) is 0 Å². The van der Waals surface area contributed by atoms with Gasteiger partial charge >= 0.3 is 0 Å². The van der Waals surface area contributed by atoms with Crippen LogP contribution in [0.1, 0.15) is 11.4 Å². The molecule has 3 N–H and O–H groups in total. The molecule has 0 saturated heterocycles. The van der Waals surface area contributed by atoms with E-state index in [1.165, 1.54) is 11.6 Å². The first-order chi connectivity index (χ1) is 8.13. The number of nitrogen functional groups attached to an aromatic ring is 1. The van der Waals surface area contributed by atoms with E-state index in [1.54, 1.807) is 11.8 Å². The second kappa shape index (κ2) is 5.05. The highest BCUT2D eigenvalue weighted by Gasteiger charge is 2.00. The van der Waals surface area contributed by atoms with Gasteiger partial charge in [0.1, 0.15) is 11.6 Å². The van der Waals surface area contributed by atoms with Crippen molar-refractivity contribution in [1.29, 1.82) is 0 Å². The van der Waals surface area contributed by atoms with Gasteiger partial charge in [-0.15, -0.1) is 11.8 Å². The standard InChI is InChI=1S/C12H13N3OS/c1-8-2-4-9(5-3-8)17-7-11-14-10(13)6-12(16)15-11/h2-6H,7H2,1H3,(H3,13,14,15,16). The first-order valence-electron chi connectivity index (χ1n) is 5.19. The topological polar surface area (TPSA) is 71.8 Å². The Bertz CT molecular complexity index is 563. The molecule has 0 saturated carbocycles. The fourth-order valence-electron chi connectivity index (χ4n) is 1.38. The number of thioether (sulfide) groups is 1. The van der Waals surface area contributed by atoms with Crippen LogP contribution in [0, 0.1) is 6.92 Å². The molecule has 0 aliphatic rings. The molecule has 0 fully saturated rings. The van der Waals surface area contributed by atoms with E-state index >= 15 is 0 Å². The van der Waals surface area contributed by atoms with Crippen LogP contribution >= 0.6 is 11.8 Å². The summed E-state index contributed by atoms with van der Waals surface area (Å²) in [6, 6.07) is 9.48. The average Bonchev–Trinajstić information content (AvgIpc) is 2.27. The molecule has 2 aromatic rings. The molecule has 17 heavy (non-hydrogen) atoms. The first kappa shape index (κ1) is 11.7. The lowest BCUT2D eigenvalue weighted by Gasteiger charge is -2.02. The Labute approximate surface area is 103 Å². The van der Waals surface area contributed by atoms with E-state index < -0.39 is 0 Å². The number of nitrogens with one attached hydrogen (secondary N) is 1. The van der Waals surface area contributed by atoms with Crippen molar-refractivity contribution in [2.75, 3.05) is 5.73 Å². The fraction of sp³-hybridized carbons (Fsp3) is 0.167. The zero-order valence-corrected chi connectivity index (χ0v) is 10.3. The summed E-state index contributed by atoms with van der Waals surface area (Å²) >= 11 is 1.61. The van der Waals surface area contributed by atoms with Crippen LogP contribution in [-0.2, 0) is 5.75 Å². The number of rotatable bonds is 3. The molecule has 0 spiro atoms. The Morgan fingerprint density at radius 3 is 2.71 bits per heavy atom. The molecule has 1 heterocycles. The minimum absolute atomic E-state index is 0.211. The molecule has 0 bridgehead atoms. The second-order valence-electron chi connectivity index (χ2n) is 3.72. The van der Waals surface area contributed by atoms with E-state index in [1.807, 2.05) is 19.1 Å². The van der Waals surface area contributed by atoms with Crippen molar-refractivity contribution in [3.8, 4) is 0 Å². The van der Waals surface area contributed by atoms with Crippen LogP contribution in [0.2, 0.25) is 0 Å². The first-order valence-corrected chi connectivity index (χ1v) is 6.17. The normalized spacial score (nSPS) is 10.4. The minimum atomic E-state index is -0.211. The summed E-state index contributed by atoms with van der Waals surface area (Å²) in [7, 11) is 0. The van der Waals surface area contributed by atoms with Crippen LogP contribution in [-0.4, -0.2) is 9.97 Å². The van der Waals surface area contributed by atoms with E-state index in [2.05, 4.69) is 22.1 Å². The highest BCUT2D eigenvalue weighted by Crippen LogP contribution is 2.21. The van der Waals surface area contributed by atoms with Gasteiger partial charge in [-0.1, -0.05) is 17.7 Å². The van der Waals surface area contributed by atoms with Crippen LogP contribution in [0.5, 0.6) is 0 Å². The molecule has 0 radical (unpaired) electrons. The lowest BCUT2D eigenvalue weighted by atomic mass is 10.2. The average molecular weight is 247 g/mol. The molecule has 0 atom stereocenters. The zero-order valence-electron chi connectivity index (χ0n) is 9.43. The van der Waals surface area contributed by atoms with Crippen molar-refractivity contribution in [3.63, 3.8) is 0 Å². The van der Waals surface area contributed by atoms with Gasteiger partial charge in [-0.25, -0.2) is 4.98 Å². The summed E-state index contributed by atoms with van der Waals surface area (Å²) in [5.74, 6) is 1.46. The SMILES string of the molecule is Cc1ccc(SCc2nc(N)cc(=O)[nH]2)cc1. The Morgan fingerprint density at radius 2 is 2.06 bits per heavy atom. The van der Waals surface area contributed by atoms with Crippen LogP contribution in [0.4, 0.5) is 5.82 Å². The molecular weight excluding hydrogens is 234 g/mol. The van der Waals surface area contributed by atoms with E-state index in [4.69, 9.17) is 5.73 Å². The van der Waals surface area contributed by atoms with Gasteiger partial charge in [-0.2, -0.15) is 0 Å². The van der Waals surface area contributed by atoms with Crippen molar-refractivity contribution < 1.29 is 0 Å². The summed E-state index contributed by atoms with van der Waals surface area (Å²) < 4.78 is 0. The van der Waals surface area contributed by atoms with Crippen LogP contribution < -0.4 is 11.3 Å². The molecule has 1 aromatic heterocycles. The van der Waals surface area contributed by atoms with Crippen molar-refractivity contribution >= 4 is 17.6 Å². The van der Waals surface area contributed by atoms with Crippen LogP contribution in [0.15, 0.2) is 40.0 Å². The lowest BCUT2D eigenvalue weighted by Crippen LogP contribution is -2.11. The summed E-state index contributed by atoms with van der Waals surface area (Å²) in [5, 5.41) is 0. The Balaban J connectivity index is 2.07. The van der Waals surface area contributed by atoms with Gasteiger partial charge < -0.3 is 10.7 Å². The number of hydrogen-bond donors (Lipinski definition) is 2. The molecule has 1 aromatic carbocycles. The number of aromatic nitrogens is 2. The minimum Gasteiger partial charge on any atom is -0.383 e. The summed E-state index contributed by atoms with van der Waals surface area (Å²) in [4.78, 5) is 19.1. The van der Waals surface area contributed by atoms with Crippen molar-refractivity contribution in [3.05, 3.63) is 52.1 Å². The van der Waals surface area contributed by atoms with E-state index in [-0.39, 0.29) is 11.4 Å². The second-order valence-corrected chi connectivity index (χ2v) is 4.77. The molecule has 0 aliphatic heterocycles. The third-order valence-electron chi connectivity index (χ3n) is 2.21. The highest BCUT2D eigenvalue weighted by atomic mass is 32.2. The molecule has 5 heteroatoms. The maximum atomic E-state index is 11.2. The van der Waals surface area contributed by atoms with Crippen molar-refractivity contribution in [1.82, 2.24) is 9.97 Å². The summed E-state index contributed by atoms with van der Waals surface area (Å²) in [6.45, 7) is 2.05. The molecule has 0 amide bonds. The lowest BCUT2D eigenvalue weighted by molar-refractivity contribution is 1.01. The predicted octanol–water partition coefficient (Wildman–Crippen LogP) is 1.95. The number of benzene rings is 1. The number of hydrogen-bond acceptors (Lipinski definition) is 4. The number of nitrogens with two attached hydrogens (primary N) is 1. The largest absolute Gasteiger partial charge is 0.383 e. The van der Waals surface area contributed by atoms with Gasteiger partial charge in [0.25, 0.3) is 5.56 Å². The summed E-state index contributed by atoms with van der Waals surface area (Å²) in [5.41, 5.74) is 6.52. The van der Waals surface area contributed by atoms with Crippen molar-refractivity contribution in [2.24, 2.45) is 0 Å². The van der Waals surface area contributed by atoms with E-state index in [0.29, 0.717) is 11.6 Å². The van der Waals surface area contributed by atoms with Crippen molar-refractivity contribution in [2.45, 2.75) is 17.6 Å². The van der Waals surface area contributed by atoms with E-state index in [9.17, 15) is 4.79 Å². The number of anilines is 1. The maximum Gasteiger partial charge on any atom is 0.252 e. The van der Waals surface area contributed by atoms with Gasteiger partial charge in [0.2, 0.25) is 0 Å². The Hall–Kier alpha value is -1.75. The van der Waals surface area contributed by atoms with Gasteiger partial charge in [0, 0.05) is 11.0 Å². The molecule has 88 valence electrons. The molecule has 0 aliphatic carbocycles. The van der Waals surface area contributed by atoms with Gasteiger partial charge in [0.05, 0.1) is 5.75 Å². The number of aromatic amines is 1. The Morgan fingerprint density at radius 1 is 1.35 bits per heavy atom. The zero-order chi connectivity index (χ0) is 12.3. The molecule has 0 unspecified atom stereocenters. The quantitative estimate of drug-likeness (QED) is 0.813. The Kier molecular flexibility index (Phi) is 3.49. The van der Waals surface area contributed by atoms with E-state index in [0.717, 1.165) is 4.90 Å². The molecule has 2 rings (SSSR count). The monoisotopic (exact) mass is 247 g/mol. The van der Waals surface area contributed by atoms with Crippen LogP contribution in [0.3, 0.4) is 0 Å². The maximum absolute atomic E-state index is 11.2. The third kappa shape index (κ3) is 3.35. The summed E-state index contributed by atoms with van der Waals surface area (Å²) in [6.07, 6.45) is 0. The molecular formula is C12H13N3OS. The van der Waals surface area contributed by atoms with Gasteiger partial charge in [-0.05, 0) is 19.1 Å². The number of aryl methyl sites for hydroxylation is 1.